The van der Waals surface area contributed by atoms with E-state index in [9.17, 15) is 14.4 Å². The summed E-state index contributed by atoms with van der Waals surface area (Å²) in [5.74, 6) is -0.283. The third-order valence-electron chi connectivity index (χ3n) is 4.31. The van der Waals surface area contributed by atoms with E-state index < -0.39 is 0 Å². The average molecular weight is 371 g/mol. The molecule has 2 aromatic rings. The molecule has 2 N–H and O–H groups in total. The molecular formula is C19H21N3O3S. The van der Waals surface area contributed by atoms with Gasteiger partial charge in [0.05, 0.1) is 9.88 Å². The van der Waals surface area contributed by atoms with Crippen molar-refractivity contribution in [2.75, 3.05) is 23.7 Å². The van der Waals surface area contributed by atoms with Crippen molar-refractivity contribution in [3.63, 3.8) is 0 Å². The Bertz CT molecular complexity index is 795. The molecule has 1 aromatic carbocycles. The lowest BCUT2D eigenvalue weighted by molar-refractivity contribution is -0.121. The second-order valence-corrected chi connectivity index (χ2v) is 7.35. The number of amides is 3. The summed E-state index contributed by atoms with van der Waals surface area (Å²) < 4.78 is 0. The highest BCUT2D eigenvalue weighted by Gasteiger charge is 2.28. The molecule has 1 saturated heterocycles. The Kier molecular flexibility index (Phi) is 5.68. The molecule has 0 spiro atoms. The van der Waals surface area contributed by atoms with Crippen LogP contribution in [0.1, 0.15) is 29.4 Å². The Morgan fingerprint density at radius 3 is 2.35 bits per heavy atom. The zero-order chi connectivity index (χ0) is 18.5. The van der Waals surface area contributed by atoms with Crippen molar-refractivity contribution < 1.29 is 14.4 Å². The zero-order valence-corrected chi connectivity index (χ0v) is 15.3. The van der Waals surface area contributed by atoms with Crippen molar-refractivity contribution in [3.8, 4) is 0 Å². The maximum Gasteiger partial charge on any atom is 0.263 e. The number of carbonyl (C=O) groups is 3. The fourth-order valence-corrected chi connectivity index (χ4v) is 3.88. The van der Waals surface area contributed by atoms with E-state index in [4.69, 9.17) is 0 Å². The fraction of sp³-hybridized carbons (Fsp3) is 0.316. The van der Waals surface area contributed by atoms with Crippen LogP contribution in [0.25, 0.3) is 0 Å². The number of piperidine rings is 1. The van der Waals surface area contributed by atoms with E-state index in [1.165, 1.54) is 18.3 Å². The highest BCUT2D eigenvalue weighted by Crippen LogP contribution is 2.26. The van der Waals surface area contributed by atoms with Gasteiger partial charge in [-0.05, 0) is 37.1 Å². The molecule has 2 heterocycles. The minimum absolute atomic E-state index is 0.00682. The summed E-state index contributed by atoms with van der Waals surface area (Å²) in [6.07, 6.45) is 1.29. The Hall–Kier alpha value is -2.67. The second-order valence-electron chi connectivity index (χ2n) is 6.27. The predicted octanol–water partition coefficient (Wildman–Crippen LogP) is 3.20. The van der Waals surface area contributed by atoms with Gasteiger partial charge in [-0.25, -0.2) is 0 Å². The number of rotatable bonds is 4. The summed E-state index contributed by atoms with van der Waals surface area (Å²) in [6.45, 7) is 2.55. The van der Waals surface area contributed by atoms with Crippen molar-refractivity contribution in [2.45, 2.75) is 19.8 Å². The summed E-state index contributed by atoms with van der Waals surface area (Å²) in [5, 5.41) is 6.28. The van der Waals surface area contributed by atoms with Gasteiger partial charge >= 0.3 is 0 Å². The van der Waals surface area contributed by atoms with Crippen molar-refractivity contribution in [1.82, 2.24) is 4.90 Å². The summed E-state index contributed by atoms with van der Waals surface area (Å²) in [7, 11) is 0. The molecule has 0 radical (unpaired) electrons. The van der Waals surface area contributed by atoms with E-state index in [2.05, 4.69) is 10.6 Å². The van der Waals surface area contributed by atoms with Crippen LogP contribution in [0.15, 0.2) is 42.5 Å². The monoisotopic (exact) mass is 371 g/mol. The highest BCUT2D eigenvalue weighted by atomic mass is 32.1. The van der Waals surface area contributed by atoms with Crippen molar-refractivity contribution >= 4 is 39.7 Å². The van der Waals surface area contributed by atoms with E-state index in [0.29, 0.717) is 35.8 Å². The first-order chi connectivity index (χ1) is 12.5. The number of carbonyl (C=O) groups excluding carboxylic acids is 3. The maximum atomic E-state index is 12.6. The molecule has 1 fully saturated rings. The van der Waals surface area contributed by atoms with Gasteiger partial charge in [-0.15, -0.1) is 11.3 Å². The van der Waals surface area contributed by atoms with Gasteiger partial charge in [0, 0.05) is 31.6 Å². The number of para-hydroxylation sites is 1. The third-order valence-corrected chi connectivity index (χ3v) is 5.30. The van der Waals surface area contributed by atoms with Crippen molar-refractivity contribution in [1.29, 1.82) is 0 Å². The first-order valence-electron chi connectivity index (χ1n) is 8.55. The molecule has 1 aliphatic heterocycles. The summed E-state index contributed by atoms with van der Waals surface area (Å²) >= 11 is 1.27. The topological polar surface area (TPSA) is 78.5 Å². The van der Waals surface area contributed by atoms with E-state index in [1.807, 2.05) is 30.3 Å². The van der Waals surface area contributed by atoms with Crippen LogP contribution in [0, 0.1) is 5.92 Å². The van der Waals surface area contributed by atoms with E-state index >= 15 is 0 Å². The number of thiophene rings is 1. The van der Waals surface area contributed by atoms with Gasteiger partial charge in [-0.1, -0.05) is 18.2 Å². The van der Waals surface area contributed by atoms with E-state index in [-0.39, 0.29) is 23.6 Å². The first kappa shape index (κ1) is 18.1. The molecule has 3 rings (SSSR count). The van der Waals surface area contributed by atoms with Crippen LogP contribution in [0.2, 0.25) is 0 Å². The minimum atomic E-state index is -0.156. The molecular weight excluding hydrogens is 350 g/mol. The van der Waals surface area contributed by atoms with Gasteiger partial charge in [0.1, 0.15) is 0 Å². The normalized spacial score (nSPS) is 14.7. The second kappa shape index (κ2) is 8.14. The van der Waals surface area contributed by atoms with Crippen LogP contribution in [0.3, 0.4) is 0 Å². The fourth-order valence-electron chi connectivity index (χ4n) is 2.96. The van der Waals surface area contributed by atoms with Crippen molar-refractivity contribution in [2.24, 2.45) is 5.92 Å². The number of nitrogens with zero attached hydrogens (tertiary/aromatic N) is 1. The lowest BCUT2D eigenvalue weighted by atomic mass is 9.95. The molecule has 7 heteroatoms. The highest BCUT2D eigenvalue weighted by molar-refractivity contribution is 7.18. The molecule has 0 atom stereocenters. The van der Waals surface area contributed by atoms with E-state index in [0.717, 1.165) is 5.69 Å². The standard InChI is InChI=1S/C19H21N3O3S/c1-13(23)20-17-8-7-16(26-17)19(25)22-11-9-14(10-12-22)18(24)21-15-5-3-2-4-6-15/h2-8,14H,9-12H2,1H3,(H,20,23)(H,21,24). The van der Waals surface area contributed by atoms with Gasteiger partial charge in [0.25, 0.3) is 5.91 Å². The number of likely N-dealkylation sites (tertiary alicyclic amines) is 1. The molecule has 1 aromatic heterocycles. The van der Waals surface area contributed by atoms with Crippen LogP contribution in [0.4, 0.5) is 10.7 Å². The maximum absolute atomic E-state index is 12.6. The van der Waals surface area contributed by atoms with Gasteiger partial charge in [0.15, 0.2) is 0 Å². The van der Waals surface area contributed by atoms with Crippen LogP contribution in [-0.4, -0.2) is 35.7 Å². The average Bonchev–Trinajstić information content (AvgIpc) is 3.10. The molecule has 0 bridgehead atoms. The Labute approximate surface area is 156 Å². The zero-order valence-electron chi connectivity index (χ0n) is 14.5. The van der Waals surface area contributed by atoms with Crippen LogP contribution in [-0.2, 0) is 9.59 Å². The quantitative estimate of drug-likeness (QED) is 0.866. The minimum Gasteiger partial charge on any atom is -0.338 e. The van der Waals surface area contributed by atoms with Crippen LogP contribution in [0.5, 0.6) is 0 Å². The van der Waals surface area contributed by atoms with E-state index in [1.54, 1.807) is 17.0 Å². The Morgan fingerprint density at radius 1 is 1.00 bits per heavy atom. The molecule has 1 aliphatic rings. The SMILES string of the molecule is CC(=O)Nc1ccc(C(=O)N2CCC(C(=O)Nc3ccccc3)CC2)s1. The molecule has 136 valence electrons. The van der Waals surface area contributed by atoms with Gasteiger partial charge in [0.2, 0.25) is 11.8 Å². The van der Waals surface area contributed by atoms with Crippen molar-refractivity contribution in [3.05, 3.63) is 47.3 Å². The van der Waals surface area contributed by atoms with Gasteiger partial charge < -0.3 is 15.5 Å². The Morgan fingerprint density at radius 2 is 1.69 bits per heavy atom. The van der Waals surface area contributed by atoms with Gasteiger partial charge in [-0.3, -0.25) is 14.4 Å². The largest absolute Gasteiger partial charge is 0.338 e. The number of benzene rings is 1. The number of nitrogens with one attached hydrogen (secondary N) is 2. The Balaban J connectivity index is 1.53. The third kappa shape index (κ3) is 4.49. The smallest absolute Gasteiger partial charge is 0.263 e. The molecule has 0 unspecified atom stereocenters. The predicted molar refractivity (Wildman–Crippen MR) is 102 cm³/mol. The molecule has 6 nitrogen and oxygen atoms in total. The van der Waals surface area contributed by atoms with Gasteiger partial charge in [-0.2, -0.15) is 0 Å². The summed E-state index contributed by atoms with van der Waals surface area (Å²) in [5.41, 5.74) is 0.792. The summed E-state index contributed by atoms with van der Waals surface area (Å²) in [4.78, 5) is 38.4. The molecule has 3 amide bonds. The van der Waals surface area contributed by atoms with Crippen LogP contribution >= 0.6 is 11.3 Å². The first-order valence-corrected chi connectivity index (χ1v) is 9.37. The number of hydrogen-bond acceptors (Lipinski definition) is 4. The van der Waals surface area contributed by atoms with Crippen LogP contribution < -0.4 is 10.6 Å². The number of hydrogen-bond donors (Lipinski definition) is 2. The molecule has 26 heavy (non-hydrogen) atoms. The number of anilines is 2. The molecule has 0 aliphatic carbocycles. The molecule has 0 saturated carbocycles. The lowest BCUT2D eigenvalue weighted by Gasteiger charge is -2.31. The lowest BCUT2D eigenvalue weighted by Crippen LogP contribution is -2.41. The summed E-state index contributed by atoms with van der Waals surface area (Å²) in [6, 6.07) is 12.9.